The first kappa shape index (κ1) is 10.4. The minimum absolute atomic E-state index is 0.610. The number of carbonyl (C=O) groups is 1. The SMILES string of the molecule is COc1ccc(N(C)C=O)cc1OC. The summed E-state index contributed by atoms with van der Waals surface area (Å²) in [6, 6.07) is 5.29. The van der Waals surface area contributed by atoms with Crippen molar-refractivity contribution in [3.05, 3.63) is 18.2 Å². The molecule has 1 amide bonds. The van der Waals surface area contributed by atoms with Gasteiger partial charge in [-0.1, -0.05) is 0 Å². The zero-order valence-corrected chi connectivity index (χ0v) is 8.48. The lowest BCUT2D eigenvalue weighted by molar-refractivity contribution is -0.107. The monoisotopic (exact) mass is 195 g/mol. The Bertz CT molecular complexity index is 325. The first-order chi connectivity index (χ1) is 6.72. The van der Waals surface area contributed by atoms with Crippen molar-refractivity contribution in [1.82, 2.24) is 0 Å². The molecule has 0 radical (unpaired) electrons. The number of methoxy groups -OCH3 is 2. The summed E-state index contributed by atoms with van der Waals surface area (Å²) in [6.07, 6.45) is 0.737. The molecule has 4 nitrogen and oxygen atoms in total. The summed E-state index contributed by atoms with van der Waals surface area (Å²) in [5.41, 5.74) is 0.762. The van der Waals surface area contributed by atoms with Crippen LogP contribution in [0.4, 0.5) is 5.69 Å². The van der Waals surface area contributed by atoms with Crippen LogP contribution in [0.3, 0.4) is 0 Å². The van der Waals surface area contributed by atoms with Crippen molar-refractivity contribution >= 4 is 12.1 Å². The molecule has 0 spiro atoms. The molecule has 0 saturated heterocycles. The summed E-state index contributed by atoms with van der Waals surface area (Å²) < 4.78 is 10.2. The van der Waals surface area contributed by atoms with Gasteiger partial charge in [0.25, 0.3) is 0 Å². The second kappa shape index (κ2) is 4.50. The standard InChI is InChI=1S/C10H13NO3/c1-11(7-12)8-4-5-9(13-2)10(6-8)14-3/h4-7H,1-3H3. The van der Waals surface area contributed by atoms with Gasteiger partial charge < -0.3 is 14.4 Å². The molecule has 0 unspecified atom stereocenters. The number of benzene rings is 1. The smallest absolute Gasteiger partial charge is 0.213 e. The number of carbonyl (C=O) groups excluding carboxylic acids is 1. The maximum atomic E-state index is 10.5. The van der Waals surface area contributed by atoms with E-state index in [1.54, 1.807) is 39.5 Å². The van der Waals surface area contributed by atoms with E-state index in [9.17, 15) is 4.79 Å². The normalized spacial score (nSPS) is 9.36. The van der Waals surface area contributed by atoms with E-state index in [0.717, 1.165) is 12.1 Å². The Morgan fingerprint density at radius 2 is 1.86 bits per heavy atom. The lowest BCUT2D eigenvalue weighted by Gasteiger charge is -2.13. The van der Waals surface area contributed by atoms with Crippen molar-refractivity contribution in [2.75, 3.05) is 26.2 Å². The van der Waals surface area contributed by atoms with Crippen molar-refractivity contribution in [2.24, 2.45) is 0 Å². The molecule has 0 bridgehead atoms. The summed E-state index contributed by atoms with van der Waals surface area (Å²) >= 11 is 0. The minimum atomic E-state index is 0.610. The van der Waals surface area contributed by atoms with E-state index in [0.29, 0.717) is 11.5 Å². The lowest BCUT2D eigenvalue weighted by Crippen LogP contribution is -2.13. The van der Waals surface area contributed by atoms with E-state index in [4.69, 9.17) is 9.47 Å². The van der Waals surface area contributed by atoms with E-state index in [1.165, 1.54) is 4.90 Å². The molecular weight excluding hydrogens is 182 g/mol. The van der Waals surface area contributed by atoms with E-state index in [-0.39, 0.29) is 0 Å². The zero-order chi connectivity index (χ0) is 10.6. The molecule has 0 aliphatic heterocycles. The van der Waals surface area contributed by atoms with Crippen LogP contribution in [0.2, 0.25) is 0 Å². The first-order valence-electron chi connectivity index (χ1n) is 4.13. The molecule has 14 heavy (non-hydrogen) atoms. The van der Waals surface area contributed by atoms with Crippen LogP contribution in [0.5, 0.6) is 11.5 Å². The highest BCUT2D eigenvalue weighted by Gasteiger charge is 2.06. The number of amides is 1. The molecule has 1 aromatic carbocycles. The van der Waals surface area contributed by atoms with E-state index < -0.39 is 0 Å². The molecule has 1 rings (SSSR count). The average molecular weight is 195 g/mol. The number of ether oxygens (including phenoxy) is 2. The predicted octanol–water partition coefficient (Wildman–Crippen LogP) is 1.30. The summed E-state index contributed by atoms with van der Waals surface area (Å²) in [7, 11) is 4.80. The largest absolute Gasteiger partial charge is 0.493 e. The molecular formula is C10H13NO3. The van der Waals surface area contributed by atoms with Crippen molar-refractivity contribution in [3.8, 4) is 11.5 Å². The summed E-state index contributed by atoms with van der Waals surface area (Å²) in [4.78, 5) is 12.0. The maximum absolute atomic E-state index is 10.5. The van der Waals surface area contributed by atoms with Gasteiger partial charge >= 0.3 is 0 Å². The van der Waals surface area contributed by atoms with Crippen LogP contribution >= 0.6 is 0 Å². The molecule has 76 valence electrons. The average Bonchev–Trinajstić information content (AvgIpc) is 2.26. The van der Waals surface area contributed by atoms with Gasteiger partial charge in [0, 0.05) is 18.8 Å². The number of hydrogen-bond acceptors (Lipinski definition) is 3. The van der Waals surface area contributed by atoms with Gasteiger partial charge in [0.2, 0.25) is 6.41 Å². The Kier molecular flexibility index (Phi) is 3.34. The van der Waals surface area contributed by atoms with E-state index >= 15 is 0 Å². The maximum Gasteiger partial charge on any atom is 0.213 e. The van der Waals surface area contributed by atoms with Crippen molar-refractivity contribution in [3.63, 3.8) is 0 Å². The van der Waals surface area contributed by atoms with Crippen LogP contribution in [0.1, 0.15) is 0 Å². The van der Waals surface area contributed by atoms with E-state index in [2.05, 4.69) is 0 Å². The Morgan fingerprint density at radius 1 is 1.21 bits per heavy atom. The van der Waals surface area contributed by atoms with Crippen molar-refractivity contribution < 1.29 is 14.3 Å². The summed E-state index contributed by atoms with van der Waals surface area (Å²) in [5, 5.41) is 0. The molecule has 1 aromatic rings. The topological polar surface area (TPSA) is 38.8 Å². The Hall–Kier alpha value is -1.71. The fraction of sp³-hybridized carbons (Fsp3) is 0.300. The summed E-state index contributed by atoms with van der Waals surface area (Å²) in [6.45, 7) is 0. The highest BCUT2D eigenvalue weighted by atomic mass is 16.5. The van der Waals surface area contributed by atoms with Crippen LogP contribution in [0.15, 0.2) is 18.2 Å². The molecule has 4 heteroatoms. The molecule has 0 heterocycles. The molecule has 0 aliphatic rings. The van der Waals surface area contributed by atoms with Gasteiger partial charge in [-0.05, 0) is 12.1 Å². The fourth-order valence-electron chi connectivity index (χ4n) is 1.11. The van der Waals surface area contributed by atoms with Gasteiger partial charge in [-0.25, -0.2) is 0 Å². The first-order valence-corrected chi connectivity index (χ1v) is 4.13. The molecule has 0 aliphatic carbocycles. The van der Waals surface area contributed by atoms with Crippen molar-refractivity contribution in [2.45, 2.75) is 0 Å². The van der Waals surface area contributed by atoms with Crippen LogP contribution in [-0.4, -0.2) is 27.7 Å². The second-order valence-electron chi connectivity index (χ2n) is 2.76. The molecule has 0 saturated carbocycles. The third-order valence-electron chi connectivity index (χ3n) is 1.93. The van der Waals surface area contributed by atoms with Crippen LogP contribution < -0.4 is 14.4 Å². The van der Waals surface area contributed by atoms with E-state index in [1.807, 2.05) is 0 Å². The molecule has 0 N–H and O–H groups in total. The Morgan fingerprint density at radius 3 is 2.36 bits per heavy atom. The number of anilines is 1. The van der Waals surface area contributed by atoms with Crippen molar-refractivity contribution in [1.29, 1.82) is 0 Å². The van der Waals surface area contributed by atoms with Gasteiger partial charge in [-0.2, -0.15) is 0 Å². The Balaban J connectivity index is 3.06. The van der Waals surface area contributed by atoms with Gasteiger partial charge in [0.05, 0.1) is 14.2 Å². The molecule has 0 atom stereocenters. The Labute approximate surface area is 83.0 Å². The fourth-order valence-corrected chi connectivity index (χ4v) is 1.11. The van der Waals surface area contributed by atoms with Gasteiger partial charge in [-0.15, -0.1) is 0 Å². The predicted molar refractivity (Wildman–Crippen MR) is 54.0 cm³/mol. The third kappa shape index (κ3) is 1.96. The highest BCUT2D eigenvalue weighted by Crippen LogP contribution is 2.30. The zero-order valence-electron chi connectivity index (χ0n) is 8.48. The quantitative estimate of drug-likeness (QED) is 0.680. The minimum Gasteiger partial charge on any atom is -0.493 e. The highest BCUT2D eigenvalue weighted by molar-refractivity contribution is 5.75. The van der Waals surface area contributed by atoms with Crippen LogP contribution in [0.25, 0.3) is 0 Å². The second-order valence-corrected chi connectivity index (χ2v) is 2.76. The number of hydrogen-bond donors (Lipinski definition) is 0. The molecule has 0 fully saturated rings. The van der Waals surface area contributed by atoms with Crippen LogP contribution in [-0.2, 0) is 4.79 Å². The lowest BCUT2D eigenvalue weighted by atomic mass is 10.2. The molecule has 0 aromatic heterocycles. The van der Waals surface area contributed by atoms with Gasteiger partial charge in [0.15, 0.2) is 11.5 Å². The summed E-state index contributed by atoms with van der Waals surface area (Å²) in [5.74, 6) is 1.26. The van der Waals surface area contributed by atoms with Crippen LogP contribution in [0, 0.1) is 0 Å². The van der Waals surface area contributed by atoms with Gasteiger partial charge in [-0.3, -0.25) is 4.79 Å². The third-order valence-corrected chi connectivity index (χ3v) is 1.93. The number of nitrogens with zero attached hydrogens (tertiary/aromatic N) is 1. The van der Waals surface area contributed by atoms with Gasteiger partial charge in [0.1, 0.15) is 0 Å². The number of rotatable bonds is 4.